The van der Waals surface area contributed by atoms with Crippen molar-refractivity contribution in [2.45, 2.75) is 17.9 Å². The van der Waals surface area contributed by atoms with Crippen molar-refractivity contribution < 1.29 is 22.7 Å². The zero-order chi connectivity index (χ0) is 21.1. The van der Waals surface area contributed by atoms with Gasteiger partial charge >= 0.3 is 0 Å². The Balaban J connectivity index is 2.24. The van der Waals surface area contributed by atoms with Crippen LogP contribution in [0.3, 0.4) is 0 Å². The van der Waals surface area contributed by atoms with Crippen LogP contribution in [0, 0.1) is 0 Å². The molecule has 1 unspecified atom stereocenters. The highest BCUT2D eigenvalue weighted by atomic mass is 79.9. The average molecular weight is 492 g/mol. The van der Waals surface area contributed by atoms with E-state index in [-0.39, 0.29) is 10.6 Å². The van der Waals surface area contributed by atoms with Gasteiger partial charge in [0.1, 0.15) is 11.5 Å². The molecule has 1 N–H and O–H groups in total. The molecule has 0 bridgehead atoms. The standard InChI is InChI=1S/C18H20BrClN2O5S/c1-11(27-16-7-5-12(20)9-14(16)19)18(23)21-15-10-13(6-8-17(15)26-4)28(24,25)22(2)3/h5-11H,1-4H3,(H,21,23). The predicted molar refractivity (Wildman–Crippen MR) is 112 cm³/mol. The Labute approximate surface area is 177 Å². The first-order valence-electron chi connectivity index (χ1n) is 8.09. The molecule has 2 rings (SSSR count). The van der Waals surface area contributed by atoms with Gasteiger partial charge in [-0.1, -0.05) is 11.6 Å². The van der Waals surface area contributed by atoms with Crippen molar-refractivity contribution in [1.29, 1.82) is 0 Å². The summed E-state index contributed by atoms with van der Waals surface area (Å²) in [5, 5.41) is 3.18. The van der Waals surface area contributed by atoms with Crippen LogP contribution in [0.1, 0.15) is 6.92 Å². The average Bonchev–Trinajstić information content (AvgIpc) is 2.63. The number of nitrogens with zero attached hydrogens (tertiary/aromatic N) is 1. The van der Waals surface area contributed by atoms with Crippen LogP contribution >= 0.6 is 27.5 Å². The van der Waals surface area contributed by atoms with E-state index < -0.39 is 22.0 Å². The van der Waals surface area contributed by atoms with E-state index in [1.54, 1.807) is 25.1 Å². The van der Waals surface area contributed by atoms with E-state index >= 15 is 0 Å². The molecule has 1 amide bonds. The molecule has 0 aliphatic rings. The summed E-state index contributed by atoms with van der Waals surface area (Å²) < 4.78 is 37.3. The van der Waals surface area contributed by atoms with Gasteiger partial charge in [-0.05, 0) is 59.3 Å². The largest absolute Gasteiger partial charge is 0.495 e. The molecule has 7 nitrogen and oxygen atoms in total. The minimum Gasteiger partial charge on any atom is -0.495 e. The Morgan fingerprint density at radius 3 is 2.39 bits per heavy atom. The first kappa shape index (κ1) is 22.5. The second-order valence-corrected chi connectivity index (χ2v) is 9.42. The molecule has 2 aromatic carbocycles. The zero-order valence-electron chi connectivity index (χ0n) is 15.7. The lowest BCUT2D eigenvalue weighted by Crippen LogP contribution is -2.30. The summed E-state index contributed by atoms with van der Waals surface area (Å²) in [5.74, 6) is 0.299. The second kappa shape index (κ2) is 9.13. The Morgan fingerprint density at radius 1 is 1.18 bits per heavy atom. The number of ether oxygens (including phenoxy) is 2. The monoisotopic (exact) mass is 490 g/mol. The van der Waals surface area contributed by atoms with Gasteiger partial charge in [0.05, 0.1) is 22.2 Å². The summed E-state index contributed by atoms with van der Waals surface area (Å²) in [6, 6.07) is 9.17. The van der Waals surface area contributed by atoms with E-state index in [0.717, 1.165) is 4.31 Å². The fourth-order valence-electron chi connectivity index (χ4n) is 2.21. The summed E-state index contributed by atoms with van der Waals surface area (Å²) in [4.78, 5) is 12.6. The predicted octanol–water partition coefficient (Wildman–Crippen LogP) is 3.77. The molecule has 28 heavy (non-hydrogen) atoms. The Morgan fingerprint density at radius 2 is 1.82 bits per heavy atom. The summed E-state index contributed by atoms with van der Waals surface area (Å²) in [5.41, 5.74) is 0.223. The van der Waals surface area contributed by atoms with Crippen LogP contribution in [-0.2, 0) is 14.8 Å². The molecular weight excluding hydrogens is 472 g/mol. The first-order valence-corrected chi connectivity index (χ1v) is 10.7. The first-order chi connectivity index (χ1) is 13.1. The van der Waals surface area contributed by atoms with Crippen molar-refractivity contribution in [2.24, 2.45) is 0 Å². The van der Waals surface area contributed by atoms with Gasteiger partial charge in [-0.15, -0.1) is 0 Å². The number of nitrogens with one attached hydrogen (secondary N) is 1. The van der Waals surface area contributed by atoms with Gasteiger partial charge in [-0.2, -0.15) is 0 Å². The number of carbonyl (C=O) groups excluding carboxylic acids is 1. The van der Waals surface area contributed by atoms with E-state index in [9.17, 15) is 13.2 Å². The van der Waals surface area contributed by atoms with E-state index in [2.05, 4.69) is 21.2 Å². The molecule has 0 fully saturated rings. The van der Waals surface area contributed by atoms with E-state index in [1.165, 1.54) is 39.4 Å². The lowest BCUT2D eigenvalue weighted by atomic mass is 10.2. The van der Waals surface area contributed by atoms with Crippen LogP contribution in [0.15, 0.2) is 45.8 Å². The zero-order valence-corrected chi connectivity index (χ0v) is 18.9. The van der Waals surface area contributed by atoms with E-state index in [1.807, 2.05) is 0 Å². The summed E-state index contributed by atoms with van der Waals surface area (Å²) in [6.07, 6.45) is -0.865. The molecule has 10 heteroatoms. The number of benzene rings is 2. The maximum absolute atomic E-state index is 12.6. The smallest absolute Gasteiger partial charge is 0.265 e. The molecule has 0 heterocycles. The number of anilines is 1. The van der Waals surface area contributed by atoms with Crippen LogP contribution in [0.4, 0.5) is 5.69 Å². The van der Waals surface area contributed by atoms with Gasteiger partial charge in [0, 0.05) is 19.1 Å². The molecule has 0 aliphatic heterocycles. The normalized spacial score (nSPS) is 12.5. The quantitative estimate of drug-likeness (QED) is 0.637. The van der Waals surface area contributed by atoms with Crippen molar-refractivity contribution >= 4 is 49.1 Å². The van der Waals surface area contributed by atoms with E-state index in [4.69, 9.17) is 21.1 Å². The molecule has 0 radical (unpaired) electrons. The van der Waals surface area contributed by atoms with Gasteiger partial charge < -0.3 is 14.8 Å². The van der Waals surface area contributed by atoms with Gasteiger partial charge in [0.25, 0.3) is 5.91 Å². The lowest BCUT2D eigenvalue weighted by Gasteiger charge is -2.18. The molecule has 0 saturated heterocycles. The number of carbonyl (C=O) groups is 1. The Bertz CT molecular complexity index is 982. The van der Waals surface area contributed by atoms with Crippen LogP contribution in [-0.4, -0.2) is 45.9 Å². The molecule has 152 valence electrons. The van der Waals surface area contributed by atoms with Crippen LogP contribution in [0.25, 0.3) is 0 Å². The van der Waals surface area contributed by atoms with Crippen molar-refractivity contribution in [1.82, 2.24) is 4.31 Å². The lowest BCUT2D eigenvalue weighted by molar-refractivity contribution is -0.122. The van der Waals surface area contributed by atoms with Gasteiger partial charge in [-0.25, -0.2) is 12.7 Å². The fourth-order valence-corrected chi connectivity index (χ4v) is 3.91. The highest BCUT2D eigenvalue weighted by Crippen LogP contribution is 2.30. The van der Waals surface area contributed by atoms with Crippen LogP contribution in [0.5, 0.6) is 11.5 Å². The molecule has 0 saturated carbocycles. The summed E-state index contributed by atoms with van der Waals surface area (Å²) >= 11 is 9.23. The molecular formula is C18H20BrClN2O5S. The number of rotatable bonds is 7. The van der Waals surface area contributed by atoms with Crippen molar-refractivity contribution in [2.75, 3.05) is 26.5 Å². The van der Waals surface area contributed by atoms with Crippen LogP contribution < -0.4 is 14.8 Å². The number of hydrogen-bond donors (Lipinski definition) is 1. The third kappa shape index (κ3) is 5.16. The molecule has 1 atom stereocenters. The molecule has 2 aromatic rings. The number of sulfonamides is 1. The van der Waals surface area contributed by atoms with Crippen molar-refractivity contribution in [3.05, 3.63) is 45.9 Å². The maximum Gasteiger partial charge on any atom is 0.265 e. The number of methoxy groups -OCH3 is 1. The maximum atomic E-state index is 12.6. The van der Waals surface area contributed by atoms with Crippen molar-refractivity contribution in [3.63, 3.8) is 0 Å². The van der Waals surface area contributed by atoms with Gasteiger partial charge in [-0.3, -0.25) is 4.79 Å². The summed E-state index contributed by atoms with van der Waals surface area (Å²) in [7, 11) is 0.621. The Kier molecular flexibility index (Phi) is 7.33. The van der Waals surface area contributed by atoms with Crippen LogP contribution in [0.2, 0.25) is 5.02 Å². The minimum absolute atomic E-state index is 0.0302. The highest BCUT2D eigenvalue weighted by Gasteiger charge is 2.22. The molecule has 0 aromatic heterocycles. The van der Waals surface area contributed by atoms with Gasteiger partial charge in [0.15, 0.2) is 6.10 Å². The number of hydrogen-bond acceptors (Lipinski definition) is 5. The number of amides is 1. The summed E-state index contributed by atoms with van der Waals surface area (Å²) in [6.45, 7) is 1.57. The fraction of sp³-hybridized carbons (Fsp3) is 0.278. The van der Waals surface area contributed by atoms with E-state index in [0.29, 0.717) is 21.0 Å². The third-order valence-electron chi connectivity index (χ3n) is 3.77. The molecule has 0 spiro atoms. The SMILES string of the molecule is COc1ccc(S(=O)(=O)N(C)C)cc1NC(=O)C(C)Oc1ccc(Cl)cc1Br. The minimum atomic E-state index is -3.66. The van der Waals surface area contributed by atoms with Crippen molar-refractivity contribution in [3.8, 4) is 11.5 Å². The topological polar surface area (TPSA) is 84.9 Å². The molecule has 0 aliphatic carbocycles. The Hall–Kier alpha value is -1.81. The second-order valence-electron chi connectivity index (χ2n) is 5.97. The van der Waals surface area contributed by atoms with Gasteiger partial charge in [0.2, 0.25) is 10.0 Å². The number of halogens is 2. The third-order valence-corrected chi connectivity index (χ3v) is 6.44. The highest BCUT2D eigenvalue weighted by molar-refractivity contribution is 9.10.